The van der Waals surface area contributed by atoms with Crippen LogP contribution >= 0.6 is 0 Å². The number of para-hydroxylation sites is 1. The Morgan fingerprint density at radius 3 is 2.65 bits per heavy atom. The summed E-state index contributed by atoms with van der Waals surface area (Å²) in [6, 6.07) is 7.84. The Morgan fingerprint density at radius 2 is 2.00 bits per heavy atom. The highest BCUT2D eigenvalue weighted by molar-refractivity contribution is 5.87. The second-order valence-corrected chi connectivity index (χ2v) is 5.69. The molecule has 0 bridgehead atoms. The molecule has 1 aliphatic heterocycles. The van der Waals surface area contributed by atoms with Gasteiger partial charge < -0.3 is 10.1 Å². The number of rotatable bonds is 6. The van der Waals surface area contributed by atoms with Crippen molar-refractivity contribution in [3.63, 3.8) is 0 Å². The molecule has 3 heteroatoms. The number of carbonyl (C=O) groups excluding carboxylic acids is 1. The first-order valence-corrected chi connectivity index (χ1v) is 7.58. The van der Waals surface area contributed by atoms with Crippen molar-refractivity contribution in [2.75, 3.05) is 20.2 Å². The molecule has 110 valence electrons. The topological polar surface area (TPSA) is 38.3 Å². The van der Waals surface area contributed by atoms with Crippen molar-refractivity contribution in [2.24, 2.45) is 5.41 Å². The minimum absolute atomic E-state index is 0.124. The Bertz CT molecular complexity index is 445. The van der Waals surface area contributed by atoms with Crippen LogP contribution in [0.3, 0.4) is 0 Å². The van der Waals surface area contributed by atoms with Gasteiger partial charge in [0.2, 0.25) is 0 Å². The predicted molar refractivity (Wildman–Crippen MR) is 81.1 cm³/mol. The second-order valence-electron chi connectivity index (χ2n) is 5.69. The molecule has 1 aliphatic rings. The molecule has 1 heterocycles. The molecule has 20 heavy (non-hydrogen) atoms. The molecule has 0 aliphatic carbocycles. The number of hydrogen-bond donors (Lipinski definition) is 1. The number of methoxy groups -OCH3 is 1. The number of benzene rings is 1. The quantitative estimate of drug-likeness (QED) is 0.867. The van der Waals surface area contributed by atoms with Gasteiger partial charge in [0.15, 0.2) is 0 Å². The number of hydrogen-bond acceptors (Lipinski definition) is 3. The average Bonchev–Trinajstić information content (AvgIpc) is 2.49. The summed E-state index contributed by atoms with van der Waals surface area (Å²) in [6.07, 6.45) is 4.49. The summed E-state index contributed by atoms with van der Waals surface area (Å²) in [4.78, 5) is 12.9. The molecule has 1 aromatic rings. The maximum Gasteiger partial charge on any atom is 0.143 e. The van der Waals surface area contributed by atoms with Crippen molar-refractivity contribution in [1.29, 1.82) is 0 Å². The van der Waals surface area contributed by atoms with Gasteiger partial charge in [-0.15, -0.1) is 0 Å². The summed E-state index contributed by atoms with van der Waals surface area (Å²) >= 11 is 0. The van der Waals surface area contributed by atoms with E-state index in [1.54, 1.807) is 7.11 Å². The minimum Gasteiger partial charge on any atom is -0.496 e. The lowest BCUT2D eigenvalue weighted by Gasteiger charge is -2.36. The molecule has 0 atom stereocenters. The molecule has 0 amide bonds. The van der Waals surface area contributed by atoms with E-state index >= 15 is 0 Å². The van der Waals surface area contributed by atoms with Crippen molar-refractivity contribution in [2.45, 2.75) is 39.0 Å². The molecule has 0 aromatic heterocycles. The number of Topliss-reactive ketones (excluding diaryl/α,β-unsaturated/α-hetero) is 1. The number of carbonyl (C=O) groups is 1. The van der Waals surface area contributed by atoms with Gasteiger partial charge in [0.1, 0.15) is 11.5 Å². The van der Waals surface area contributed by atoms with E-state index in [4.69, 9.17) is 4.74 Å². The molecule has 1 N–H and O–H groups in total. The Hall–Kier alpha value is -1.35. The van der Waals surface area contributed by atoms with Crippen LogP contribution in [0.25, 0.3) is 0 Å². The van der Waals surface area contributed by atoms with Gasteiger partial charge in [-0.05, 0) is 38.4 Å². The van der Waals surface area contributed by atoms with Crippen LogP contribution in [0.2, 0.25) is 0 Å². The Kier molecular flexibility index (Phi) is 5.18. The minimum atomic E-state index is -0.124. The zero-order valence-electron chi connectivity index (χ0n) is 12.6. The average molecular weight is 275 g/mol. The standard InChI is InChI=1S/C17H25NO2/c1-3-8-17(9-11-18-12-10-17)16(19)13-14-6-4-5-7-15(14)20-2/h4-7,18H,3,8-13H2,1-2H3. The van der Waals surface area contributed by atoms with E-state index in [0.29, 0.717) is 12.2 Å². The summed E-state index contributed by atoms with van der Waals surface area (Å²) in [7, 11) is 1.66. The van der Waals surface area contributed by atoms with Gasteiger partial charge in [0, 0.05) is 17.4 Å². The third-order valence-electron chi connectivity index (χ3n) is 4.42. The third kappa shape index (κ3) is 3.21. The fourth-order valence-electron chi connectivity index (χ4n) is 3.26. The van der Waals surface area contributed by atoms with Gasteiger partial charge in [-0.2, -0.15) is 0 Å². The lowest BCUT2D eigenvalue weighted by molar-refractivity contribution is -0.130. The van der Waals surface area contributed by atoms with Gasteiger partial charge in [-0.3, -0.25) is 4.79 Å². The van der Waals surface area contributed by atoms with E-state index in [1.807, 2.05) is 24.3 Å². The highest BCUT2D eigenvalue weighted by atomic mass is 16.5. The fourth-order valence-corrected chi connectivity index (χ4v) is 3.26. The van der Waals surface area contributed by atoms with E-state index in [-0.39, 0.29) is 5.41 Å². The monoisotopic (exact) mass is 275 g/mol. The fraction of sp³-hybridized carbons (Fsp3) is 0.588. The zero-order valence-corrected chi connectivity index (χ0v) is 12.6. The van der Waals surface area contributed by atoms with Gasteiger partial charge in [0.05, 0.1) is 7.11 Å². The van der Waals surface area contributed by atoms with E-state index in [0.717, 1.165) is 50.1 Å². The summed E-state index contributed by atoms with van der Waals surface area (Å²) < 4.78 is 5.36. The first kappa shape index (κ1) is 15.0. The van der Waals surface area contributed by atoms with Crippen molar-refractivity contribution in [3.8, 4) is 5.75 Å². The Labute approximate surface area is 121 Å². The largest absolute Gasteiger partial charge is 0.496 e. The first-order valence-electron chi connectivity index (χ1n) is 7.58. The molecule has 1 saturated heterocycles. The van der Waals surface area contributed by atoms with Crippen LogP contribution in [0.15, 0.2) is 24.3 Å². The van der Waals surface area contributed by atoms with E-state index in [1.165, 1.54) is 0 Å². The molecular weight excluding hydrogens is 250 g/mol. The van der Waals surface area contributed by atoms with E-state index < -0.39 is 0 Å². The molecule has 0 radical (unpaired) electrons. The number of ketones is 1. The summed E-state index contributed by atoms with van der Waals surface area (Å²) in [5.74, 6) is 1.20. The molecule has 0 unspecified atom stereocenters. The normalized spacial score (nSPS) is 17.7. The maximum absolute atomic E-state index is 12.9. The molecule has 1 aromatic carbocycles. The van der Waals surface area contributed by atoms with Crippen LogP contribution in [0.1, 0.15) is 38.2 Å². The molecule has 1 fully saturated rings. The number of ether oxygens (including phenoxy) is 1. The van der Waals surface area contributed by atoms with Crippen LogP contribution in [-0.4, -0.2) is 26.0 Å². The lowest BCUT2D eigenvalue weighted by atomic mass is 9.70. The first-order chi connectivity index (χ1) is 9.72. The van der Waals surface area contributed by atoms with Gasteiger partial charge in [-0.25, -0.2) is 0 Å². The summed E-state index contributed by atoms with van der Waals surface area (Å²) in [5.41, 5.74) is 0.884. The Balaban J connectivity index is 2.16. The predicted octanol–water partition coefficient (Wildman–Crippen LogP) is 2.98. The van der Waals surface area contributed by atoms with Crippen LogP contribution in [-0.2, 0) is 11.2 Å². The lowest BCUT2D eigenvalue weighted by Crippen LogP contribution is -2.42. The molecule has 3 nitrogen and oxygen atoms in total. The van der Waals surface area contributed by atoms with Gasteiger partial charge in [0.25, 0.3) is 0 Å². The molecule has 0 spiro atoms. The van der Waals surface area contributed by atoms with E-state index in [9.17, 15) is 4.79 Å². The van der Waals surface area contributed by atoms with Crippen molar-refractivity contribution >= 4 is 5.78 Å². The highest BCUT2D eigenvalue weighted by Crippen LogP contribution is 2.36. The van der Waals surface area contributed by atoms with Crippen molar-refractivity contribution in [3.05, 3.63) is 29.8 Å². The second kappa shape index (κ2) is 6.89. The van der Waals surface area contributed by atoms with Crippen molar-refractivity contribution in [1.82, 2.24) is 5.32 Å². The number of nitrogens with one attached hydrogen (secondary N) is 1. The number of piperidine rings is 1. The van der Waals surface area contributed by atoms with Crippen molar-refractivity contribution < 1.29 is 9.53 Å². The third-order valence-corrected chi connectivity index (χ3v) is 4.42. The molecule has 0 saturated carbocycles. The molecular formula is C17H25NO2. The summed E-state index contributed by atoms with van der Waals surface area (Å²) in [6.45, 7) is 4.08. The van der Waals surface area contributed by atoms with Crippen LogP contribution < -0.4 is 10.1 Å². The smallest absolute Gasteiger partial charge is 0.143 e. The van der Waals surface area contributed by atoms with Gasteiger partial charge >= 0.3 is 0 Å². The van der Waals surface area contributed by atoms with E-state index in [2.05, 4.69) is 12.2 Å². The SMILES string of the molecule is CCCC1(C(=O)Cc2ccccc2OC)CCNCC1. The van der Waals surface area contributed by atoms with Crippen LogP contribution in [0, 0.1) is 5.41 Å². The zero-order chi connectivity index (χ0) is 14.4. The van der Waals surface area contributed by atoms with Crippen LogP contribution in [0.4, 0.5) is 0 Å². The maximum atomic E-state index is 12.9. The summed E-state index contributed by atoms with van der Waals surface area (Å²) in [5, 5.41) is 3.36. The van der Waals surface area contributed by atoms with Gasteiger partial charge in [-0.1, -0.05) is 31.5 Å². The van der Waals surface area contributed by atoms with Crippen LogP contribution in [0.5, 0.6) is 5.75 Å². The Morgan fingerprint density at radius 1 is 1.30 bits per heavy atom. The molecule has 2 rings (SSSR count). The highest BCUT2D eigenvalue weighted by Gasteiger charge is 2.38.